The van der Waals surface area contributed by atoms with Crippen LogP contribution in [0.5, 0.6) is 0 Å². The Morgan fingerprint density at radius 3 is 2.38 bits per heavy atom. The van der Waals surface area contributed by atoms with Crippen LogP contribution in [-0.4, -0.2) is 0 Å². The van der Waals surface area contributed by atoms with Crippen LogP contribution in [0, 0.1) is 17.5 Å². The Balaban J connectivity index is 1.58. The first-order valence-corrected chi connectivity index (χ1v) is 10.4. The summed E-state index contributed by atoms with van der Waals surface area (Å²) in [4.78, 5) is 0. The molecule has 0 bridgehead atoms. The fraction of sp³-hybridized carbons (Fsp3) is 0.308. The van der Waals surface area contributed by atoms with Crippen molar-refractivity contribution in [1.82, 2.24) is 0 Å². The summed E-state index contributed by atoms with van der Waals surface area (Å²) in [7, 11) is 0. The number of unbranched alkanes of at least 4 members (excludes halogenated alkanes) is 1. The van der Waals surface area contributed by atoms with E-state index in [0.717, 1.165) is 30.9 Å². The molecule has 0 fully saturated rings. The number of hydrogen-bond donors (Lipinski definition) is 0. The minimum absolute atomic E-state index is 0.0184. The summed E-state index contributed by atoms with van der Waals surface area (Å²) in [5.41, 5.74) is 4.38. The zero-order valence-corrected chi connectivity index (χ0v) is 16.7. The van der Waals surface area contributed by atoms with Gasteiger partial charge < -0.3 is 0 Å². The van der Waals surface area contributed by atoms with E-state index in [4.69, 9.17) is 0 Å². The van der Waals surface area contributed by atoms with Crippen LogP contribution in [0.3, 0.4) is 0 Å². The highest BCUT2D eigenvalue weighted by atomic mass is 19.2. The maximum Gasteiger partial charge on any atom is 0.166 e. The molecule has 0 aliphatic heterocycles. The fourth-order valence-corrected chi connectivity index (χ4v) is 4.35. The van der Waals surface area contributed by atoms with Crippen LogP contribution in [0.4, 0.5) is 13.2 Å². The van der Waals surface area contributed by atoms with Crippen molar-refractivity contribution in [2.45, 2.75) is 51.4 Å². The van der Waals surface area contributed by atoms with Gasteiger partial charge in [0.05, 0.1) is 0 Å². The van der Waals surface area contributed by atoms with Crippen molar-refractivity contribution in [3.8, 4) is 11.1 Å². The van der Waals surface area contributed by atoms with Crippen LogP contribution in [0.1, 0.15) is 54.4 Å². The molecule has 0 radical (unpaired) electrons. The summed E-state index contributed by atoms with van der Waals surface area (Å²) >= 11 is 0. The van der Waals surface area contributed by atoms with Crippen LogP contribution in [0.25, 0.3) is 11.1 Å². The van der Waals surface area contributed by atoms with Gasteiger partial charge >= 0.3 is 0 Å². The average molecular weight is 394 g/mol. The van der Waals surface area contributed by atoms with Gasteiger partial charge in [-0.1, -0.05) is 61.9 Å². The van der Waals surface area contributed by atoms with Crippen molar-refractivity contribution in [3.05, 3.63) is 94.3 Å². The molecule has 0 heterocycles. The maximum atomic E-state index is 15.2. The lowest BCUT2D eigenvalue weighted by molar-refractivity contribution is 0.509. The van der Waals surface area contributed by atoms with Crippen molar-refractivity contribution >= 4 is 0 Å². The standard InChI is InChI=1S/C26H25F3/c1-2-3-5-17-8-10-18(11-9-17)19-12-14-21-20(16-19)13-15-23(25(21)28)22-6-4-7-24(27)26(22)29/h4,6-11,13,15,19H,2-3,5,12,14,16H2,1H3. The Morgan fingerprint density at radius 2 is 1.62 bits per heavy atom. The highest BCUT2D eigenvalue weighted by Crippen LogP contribution is 2.37. The summed E-state index contributed by atoms with van der Waals surface area (Å²) in [6.45, 7) is 2.20. The normalized spacial score (nSPS) is 15.9. The number of aryl methyl sites for hydroxylation is 1. The average Bonchev–Trinajstić information content (AvgIpc) is 2.75. The number of hydrogen-bond acceptors (Lipinski definition) is 0. The molecule has 1 unspecified atom stereocenters. The third-order valence-corrected chi connectivity index (χ3v) is 6.06. The molecule has 3 aromatic rings. The molecule has 0 nitrogen and oxygen atoms in total. The Bertz CT molecular complexity index is 1010. The van der Waals surface area contributed by atoms with Crippen LogP contribution in [0.2, 0.25) is 0 Å². The molecule has 0 spiro atoms. The molecular weight excluding hydrogens is 369 g/mol. The van der Waals surface area contributed by atoms with Gasteiger partial charge in [0.25, 0.3) is 0 Å². The Hall–Kier alpha value is -2.55. The monoisotopic (exact) mass is 394 g/mol. The van der Waals surface area contributed by atoms with Gasteiger partial charge in [-0.3, -0.25) is 0 Å². The predicted octanol–water partition coefficient (Wildman–Crippen LogP) is 7.39. The molecule has 1 aliphatic rings. The third kappa shape index (κ3) is 3.96. The van der Waals surface area contributed by atoms with Crippen molar-refractivity contribution in [2.24, 2.45) is 0 Å². The van der Waals surface area contributed by atoms with Crippen LogP contribution >= 0.6 is 0 Å². The number of fused-ring (bicyclic) bond motifs is 1. The van der Waals surface area contributed by atoms with Crippen molar-refractivity contribution < 1.29 is 13.2 Å². The minimum atomic E-state index is -0.997. The number of benzene rings is 3. The summed E-state index contributed by atoms with van der Waals surface area (Å²) in [6, 6.07) is 16.2. The molecule has 0 aromatic heterocycles. The van der Waals surface area contributed by atoms with E-state index in [2.05, 4.69) is 31.2 Å². The fourth-order valence-electron chi connectivity index (χ4n) is 4.35. The lowest BCUT2D eigenvalue weighted by Crippen LogP contribution is -2.15. The highest BCUT2D eigenvalue weighted by molar-refractivity contribution is 5.67. The van der Waals surface area contributed by atoms with E-state index in [1.807, 2.05) is 6.07 Å². The summed E-state index contributed by atoms with van der Waals surface area (Å²) in [5.74, 6) is -2.01. The second-order valence-electron chi connectivity index (χ2n) is 7.95. The van der Waals surface area contributed by atoms with Crippen LogP contribution < -0.4 is 0 Å². The smallest absolute Gasteiger partial charge is 0.166 e. The van der Waals surface area contributed by atoms with E-state index < -0.39 is 17.5 Å². The Kier molecular flexibility index (Phi) is 5.75. The van der Waals surface area contributed by atoms with Crippen molar-refractivity contribution in [3.63, 3.8) is 0 Å². The van der Waals surface area contributed by atoms with Crippen LogP contribution in [0.15, 0.2) is 54.6 Å². The quantitative estimate of drug-likeness (QED) is 0.423. The molecule has 1 aliphatic carbocycles. The SMILES string of the molecule is CCCCc1ccc(C2CCc3c(ccc(-c4cccc(F)c4F)c3F)C2)cc1. The first-order valence-electron chi connectivity index (χ1n) is 10.4. The second kappa shape index (κ2) is 8.44. The van der Waals surface area contributed by atoms with E-state index in [1.54, 1.807) is 6.07 Å². The third-order valence-electron chi connectivity index (χ3n) is 6.06. The maximum absolute atomic E-state index is 15.2. The van der Waals surface area contributed by atoms with Gasteiger partial charge in [-0.05, 0) is 66.3 Å². The molecule has 0 saturated heterocycles. The van der Waals surface area contributed by atoms with Gasteiger partial charge in [-0.2, -0.15) is 0 Å². The van der Waals surface area contributed by atoms with Crippen molar-refractivity contribution in [1.29, 1.82) is 0 Å². The van der Waals surface area contributed by atoms with Gasteiger partial charge in [0.15, 0.2) is 11.6 Å². The largest absolute Gasteiger partial charge is 0.206 e. The highest BCUT2D eigenvalue weighted by Gasteiger charge is 2.25. The lowest BCUT2D eigenvalue weighted by Gasteiger charge is -2.26. The molecule has 150 valence electrons. The van der Waals surface area contributed by atoms with Gasteiger partial charge in [0, 0.05) is 11.1 Å². The first-order chi connectivity index (χ1) is 14.1. The van der Waals surface area contributed by atoms with Crippen molar-refractivity contribution in [2.75, 3.05) is 0 Å². The summed E-state index contributed by atoms with van der Waals surface area (Å²) < 4.78 is 42.9. The van der Waals surface area contributed by atoms with E-state index in [9.17, 15) is 8.78 Å². The molecule has 4 rings (SSSR count). The zero-order valence-electron chi connectivity index (χ0n) is 16.7. The molecule has 29 heavy (non-hydrogen) atoms. The molecule has 3 aromatic carbocycles. The van der Waals surface area contributed by atoms with E-state index in [0.29, 0.717) is 17.9 Å². The molecule has 0 N–H and O–H groups in total. The van der Waals surface area contributed by atoms with Crippen LogP contribution in [-0.2, 0) is 19.3 Å². The molecule has 3 heteroatoms. The lowest BCUT2D eigenvalue weighted by atomic mass is 9.79. The number of rotatable bonds is 5. The van der Waals surface area contributed by atoms with Gasteiger partial charge in [-0.25, -0.2) is 13.2 Å². The molecule has 0 saturated carbocycles. The zero-order chi connectivity index (χ0) is 20.4. The summed E-state index contributed by atoms with van der Waals surface area (Å²) in [6.07, 6.45) is 5.72. The predicted molar refractivity (Wildman–Crippen MR) is 112 cm³/mol. The molecule has 0 amide bonds. The molecule has 1 atom stereocenters. The number of halogens is 3. The van der Waals surface area contributed by atoms with Gasteiger partial charge in [0.1, 0.15) is 5.82 Å². The first kappa shape index (κ1) is 19.8. The van der Waals surface area contributed by atoms with Gasteiger partial charge in [0.2, 0.25) is 0 Å². The van der Waals surface area contributed by atoms with E-state index in [1.165, 1.54) is 36.1 Å². The van der Waals surface area contributed by atoms with E-state index in [-0.39, 0.29) is 11.1 Å². The summed E-state index contributed by atoms with van der Waals surface area (Å²) in [5, 5.41) is 0. The topological polar surface area (TPSA) is 0 Å². The van der Waals surface area contributed by atoms with E-state index >= 15 is 4.39 Å². The Labute approximate surface area is 170 Å². The van der Waals surface area contributed by atoms with Gasteiger partial charge in [-0.15, -0.1) is 0 Å². The Morgan fingerprint density at radius 1 is 0.862 bits per heavy atom. The second-order valence-corrected chi connectivity index (χ2v) is 7.95. The molecular formula is C26H25F3. The minimum Gasteiger partial charge on any atom is -0.206 e.